The lowest BCUT2D eigenvalue weighted by atomic mass is 9.85. The molecule has 0 saturated carbocycles. The zero-order valence-electron chi connectivity index (χ0n) is 13.6. The summed E-state index contributed by atoms with van der Waals surface area (Å²) in [7, 11) is 0. The lowest BCUT2D eigenvalue weighted by Gasteiger charge is -2.20. The first kappa shape index (κ1) is 15.3. The molecule has 118 valence electrons. The van der Waals surface area contributed by atoms with Gasteiger partial charge in [-0.3, -0.25) is 9.59 Å². The van der Waals surface area contributed by atoms with Crippen LogP contribution >= 0.6 is 0 Å². The number of carbonyl (C=O) groups is 2. The monoisotopic (exact) mass is 308 g/mol. The molecule has 0 atom stereocenters. The van der Waals surface area contributed by atoms with Gasteiger partial charge in [-0.2, -0.15) is 0 Å². The predicted molar refractivity (Wildman–Crippen MR) is 91.6 cm³/mol. The summed E-state index contributed by atoms with van der Waals surface area (Å²) < 4.78 is 0. The van der Waals surface area contributed by atoms with Crippen LogP contribution in [0.1, 0.15) is 25.0 Å². The van der Waals surface area contributed by atoms with Gasteiger partial charge in [0.1, 0.15) is 6.54 Å². The molecule has 1 aliphatic rings. The molecule has 0 aliphatic carbocycles. The summed E-state index contributed by atoms with van der Waals surface area (Å²) >= 11 is 0. The van der Waals surface area contributed by atoms with E-state index in [9.17, 15) is 9.59 Å². The highest BCUT2D eigenvalue weighted by atomic mass is 16.2. The number of aryl methyl sites for hydroxylation is 1. The van der Waals surface area contributed by atoms with Crippen LogP contribution in [0.4, 0.5) is 11.4 Å². The molecule has 3 rings (SSSR count). The molecule has 23 heavy (non-hydrogen) atoms. The lowest BCUT2D eigenvalue weighted by Crippen LogP contribution is -2.40. The number of carbonyl (C=O) groups excluding carboxylic acids is 2. The van der Waals surface area contributed by atoms with Gasteiger partial charge in [0.2, 0.25) is 11.8 Å². The molecule has 2 aromatic carbocycles. The van der Waals surface area contributed by atoms with Crippen LogP contribution < -0.4 is 10.2 Å². The van der Waals surface area contributed by atoms with E-state index in [1.807, 2.05) is 69.3 Å². The Balaban J connectivity index is 1.84. The summed E-state index contributed by atoms with van der Waals surface area (Å²) in [6.07, 6.45) is 0. The zero-order chi connectivity index (χ0) is 16.6. The molecule has 0 radical (unpaired) electrons. The van der Waals surface area contributed by atoms with Crippen LogP contribution in [0.5, 0.6) is 0 Å². The minimum Gasteiger partial charge on any atom is -0.325 e. The predicted octanol–water partition coefficient (Wildman–Crippen LogP) is 3.26. The second-order valence-corrected chi connectivity index (χ2v) is 6.45. The Hall–Kier alpha value is -2.62. The van der Waals surface area contributed by atoms with Crippen molar-refractivity contribution in [3.63, 3.8) is 0 Å². The summed E-state index contributed by atoms with van der Waals surface area (Å²) in [5.74, 6) is -0.241. The molecule has 0 unspecified atom stereocenters. The van der Waals surface area contributed by atoms with E-state index in [1.54, 1.807) is 4.90 Å². The Morgan fingerprint density at radius 1 is 1.13 bits per heavy atom. The molecule has 0 aromatic heterocycles. The number of anilines is 2. The first-order chi connectivity index (χ1) is 10.9. The fourth-order valence-corrected chi connectivity index (χ4v) is 2.97. The van der Waals surface area contributed by atoms with E-state index in [4.69, 9.17) is 0 Å². The second-order valence-electron chi connectivity index (χ2n) is 6.45. The smallest absolute Gasteiger partial charge is 0.244 e. The first-order valence-electron chi connectivity index (χ1n) is 7.67. The Morgan fingerprint density at radius 3 is 2.52 bits per heavy atom. The normalized spacial score (nSPS) is 15.4. The molecule has 4 heteroatoms. The third-order valence-corrected chi connectivity index (χ3v) is 4.26. The van der Waals surface area contributed by atoms with E-state index in [-0.39, 0.29) is 18.4 Å². The maximum Gasteiger partial charge on any atom is 0.244 e. The molecule has 4 nitrogen and oxygen atoms in total. The highest BCUT2D eigenvalue weighted by Crippen LogP contribution is 2.41. The molecular weight excluding hydrogens is 288 g/mol. The van der Waals surface area contributed by atoms with Gasteiger partial charge in [-0.05, 0) is 44.5 Å². The molecule has 0 saturated heterocycles. The Bertz CT molecular complexity index is 766. The van der Waals surface area contributed by atoms with Crippen LogP contribution in [0.3, 0.4) is 0 Å². The number of hydrogen-bond acceptors (Lipinski definition) is 2. The average molecular weight is 308 g/mol. The van der Waals surface area contributed by atoms with Gasteiger partial charge in [0, 0.05) is 11.4 Å². The number of nitrogens with one attached hydrogen (secondary N) is 1. The quantitative estimate of drug-likeness (QED) is 0.946. The van der Waals surface area contributed by atoms with Crippen molar-refractivity contribution in [2.75, 3.05) is 16.8 Å². The number of nitrogens with zero attached hydrogens (tertiary/aromatic N) is 1. The van der Waals surface area contributed by atoms with Gasteiger partial charge in [-0.15, -0.1) is 0 Å². The van der Waals surface area contributed by atoms with Gasteiger partial charge in [0.15, 0.2) is 0 Å². The minimum atomic E-state index is -0.603. The van der Waals surface area contributed by atoms with Gasteiger partial charge in [-0.25, -0.2) is 0 Å². The minimum absolute atomic E-state index is 0.0211. The number of amides is 2. The molecule has 1 aliphatic heterocycles. The van der Waals surface area contributed by atoms with E-state index in [0.29, 0.717) is 0 Å². The summed E-state index contributed by atoms with van der Waals surface area (Å²) in [6, 6.07) is 15.2. The van der Waals surface area contributed by atoms with Gasteiger partial charge >= 0.3 is 0 Å². The number of benzene rings is 2. The van der Waals surface area contributed by atoms with Crippen LogP contribution in [0.25, 0.3) is 0 Å². The molecule has 2 amide bonds. The summed E-state index contributed by atoms with van der Waals surface area (Å²) in [4.78, 5) is 26.6. The standard InChI is InChI=1S/C19H20N2O2/c1-13-9-10-16-15(11-13)19(2,3)18(23)21(16)12-17(22)20-14-7-5-4-6-8-14/h4-11H,12H2,1-3H3,(H,20,22). The van der Waals surface area contributed by atoms with Crippen LogP contribution in [0, 0.1) is 6.92 Å². The fraction of sp³-hybridized carbons (Fsp3) is 0.263. The van der Waals surface area contributed by atoms with Crippen LogP contribution in [-0.2, 0) is 15.0 Å². The van der Waals surface area contributed by atoms with Gasteiger partial charge in [-0.1, -0.05) is 35.9 Å². The maximum absolute atomic E-state index is 12.7. The highest BCUT2D eigenvalue weighted by molar-refractivity contribution is 6.11. The number of rotatable bonds is 3. The molecule has 1 heterocycles. The third kappa shape index (κ3) is 2.72. The summed E-state index contributed by atoms with van der Waals surface area (Å²) in [5.41, 5.74) is 3.05. The second kappa shape index (κ2) is 5.54. The summed E-state index contributed by atoms with van der Waals surface area (Å²) in [5, 5.41) is 2.83. The van der Waals surface area contributed by atoms with E-state index in [0.717, 1.165) is 22.5 Å². The topological polar surface area (TPSA) is 49.4 Å². The van der Waals surface area contributed by atoms with Gasteiger partial charge in [0.05, 0.1) is 5.41 Å². The van der Waals surface area contributed by atoms with E-state index >= 15 is 0 Å². The van der Waals surface area contributed by atoms with Crippen molar-refractivity contribution in [3.05, 3.63) is 59.7 Å². The SMILES string of the molecule is Cc1ccc2c(c1)C(C)(C)C(=O)N2CC(=O)Nc1ccccc1. The maximum atomic E-state index is 12.7. The van der Waals surface area contributed by atoms with Crippen molar-refractivity contribution in [1.29, 1.82) is 0 Å². The van der Waals surface area contributed by atoms with Gasteiger partial charge in [0.25, 0.3) is 0 Å². The van der Waals surface area contributed by atoms with Crippen molar-refractivity contribution in [2.45, 2.75) is 26.2 Å². The summed E-state index contributed by atoms with van der Waals surface area (Å²) in [6.45, 7) is 5.84. The number of para-hydroxylation sites is 1. The van der Waals surface area contributed by atoms with Crippen molar-refractivity contribution in [3.8, 4) is 0 Å². The van der Waals surface area contributed by atoms with Crippen molar-refractivity contribution >= 4 is 23.2 Å². The first-order valence-corrected chi connectivity index (χ1v) is 7.67. The highest BCUT2D eigenvalue weighted by Gasteiger charge is 2.44. The molecule has 2 aromatic rings. The van der Waals surface area contributed by atoms with Crippen LogP contribution in [-0.4, -0.2) is 18.4 Å². The Labute approximate surface area is 136 Å². The van der Waals surface area contributed by atoms with E-state index in [2.05, 4.69) is 5.32 Å². The van der Waals surface area contributed by atoms with Crippen molar-refractivity contribution in [1.82, 2.24) is 0 Å². The molecule has 0 fully saturated rings. The average Bonchev–Trinajstić information content (AvgIpc) is 2.69. The Morgan fingerprint density at radius 2 is 1.83 bits per heavy atom. The molecular formula is C19H20N2O2. The molecule has 1 N–H and O–H groups in total. The van der Waals surface area contributed by atoms with Crippen LogP contribution in [0.15, 0.2) is 48.5 Å². The van der Waals surface area contributed by atoms with E-state index in [1.165, 1.54) is 0 Å². The van der Waals surface area contributed by atoms with E-state index < -0.39 is 5.41 Å². The molecule has 0 spiro atoms. The zero-order valence-corrected chi connectivity index (χ0v) is 13.6. The van der Waals surface area contributed by atoms with Crippen molar-refractivity contribution < 1.29 is 9.59 Å². The van der Waals surface area contributed by atoms with Crippen LogP contribution in [0.2, 0.25) is 0 Å². The van der Waals surface area contributed by atoms with Gasteiger partial charge < -0.3 is 10.2 Å². The van der Waals surface area contributed by atoms with Crippen molar-refractivity contribution in [2.24, 2.45) is 0 Å². The third-order valence-electron chi connectivity index (χ3n) is 4.26. The fourth-order valence-electron chi connectivity index (χ4n) is 2.97. The number of hydrogen-bond donors (Lipinski definition) is 1. The molecule has 0 bridgehead atoms. The largest absolute Gasteiger partial charge is 0.325 e. The Kier molecular flexibility index (Phi) is 3.68. The lowest BCUT2D eigenvalue weighted by molar-refractivity contribution is -0.124. The number of fused-ring (bicyclic) bond motifs is 1.